The number of carbonyl (C=O) groups excluding carboxylic acids is 5. The lowest BCUT2D eigenvalue weighted by Crippen LogP contribution is -2.54. The quantitative estimate of drug-likeness (QED) is 0.0931. The molecule has 2 heterocycles. The second-order valence-electron chi connectivity index (χ2n) is 14.1. The van der Waals surface area contributed by atoms with Gasteiger partial charge in [0, 0.05) is 48.6 Å². The van der Waals surface area contributed by atoms with Crippen LogP contribution in [0.1, 0.15) is 114 Å². The maximum absolute atomic E-state index is 13.0. The second-order valence-corrected chi connectivity index (χ2v) is 14.5. The summed E-state index contributed by atoms with van der Waals surface area (Å²) in [5, 5.41) is 21.6. The van der Waals surface area contributed by atoms with E-state index >= 15 is 0 Å². The van der Waals surface area contributed by atoms with Crippen LogP contribution in [0, 0.1) is 11.3 Å². The SMILES string of the molecule is N#Cc1ccc(OC2CCC(NC(=O)c3ccc(NCCCCCCCCNc4ccc5c(c4)C(=O)N(C4CCC(=O)NC4=O)C5=O)cc3)CC2)cc1Cl. The minimum atomic E-state index is -0.969. The predicted octanol–water partition coefficient (Wildman–Crippen LogP) is 6.60. The molecule has 2 fully saturated rings. The van der Waals surface area contributed by atoms with Crippen molar-refractivity contribution in [2.75, 3.05) is 23.7 Å². The number of piperidine rings is 1. The average molecular weight is 753 g/mol. The Balaban J connectivity index is 0.804. The number of imide groups is 2. The molecule has 3 aliphatic rings. The highest BCUT2D eigenvalue weighted by Crippen LogP contribution is 2.30. The maximum atomic E-state index is 13.0. The Kier molecular flexibility index (Phi) is 12.8. The predicted molar refractivity (Wildman–Crippen MR) is 205 cm³/mol. The fourth-order valence-electron chi connectivity index (χ4n) is 7.19. The van der Waals surface area contributed by atoms with Gasteiger partial charge in [-0.1, -0.05) is 37.3 Å². The van der Waals surface area contributed by atoms with Gasteiger partial charge in [0.05, 0.1) is 27.8 Å². The molecule has 1 aliphatic carbocycles. The number of hydrogen-bond acceptors (Lipinski definition) is 9. The van der Waals surface area contributed by atoms with Gasteiger partial charge in [0.2, 0.25) is 11.8 Å². The number of hydrogen-bond donors (Lipinski definition) is 4. The number of carbonyl (C=O) groups is 5. The summed E-state index contributed by atoms with van der Waals surface area (Å²) in [5.74, 6) is -1.44. The number of nitriles is 1. The molecule has 1 atom stereocenters. The van der Waals surface area contributed by atoms with Crippen LogP contribution in [-0.4, -0.2) is 65.7 Å². The number of rotatable bonds is 16. The summed E-state index contributed by atoms with van der Waals surface area (Å²) in [4.78, 5) is 63.6. The van der Waals surface area contributed by atoms with Crippen LogP contribution in [0.25, 0.3) is 0 Å². The molecule has 54 heavy (non-hydrogen) atoms. The van der Waals surface area contributed by atoms with E-state index in [2.05, 4.69) is 27.3 Å². The zero-order valence-corrected chi connectivity index (χ0v) is 30.9. The Morgan fingerprint density at radius 3 is 2.11 bits per heavy atom. The summed E-state index contributed by atoms with van der Waals surface area (Å²) in [7, 11) is 0. The van der Waals surface area contributed by atoms with Crippen LogP contribution in [0.5, 0.6) is 5.75 Å². The van der Waals surface area contributed by atoms with Gasteiger partial charge in [0.15, 0.2) is 0 Å². The van der Waals surface area contributed by atoms with Crippen molar-refractivity contribution < 1.29 is 28.7 Å². The summed E-state index contributed by atoms with van der Waals surface area (Å²) in [6.07, 6.45) is 10.0. The topological polar surface area (TPSA) is 170 Å². The number of unbranched alkanes of at least 4 members (excludes halogenated alkanes) is 5. The highest BCUT2D eigenvalue weighted by atomic mass is 35.5. The van der Waals surface area contributed by atoms with Gasteiger partial charge in [-0.25, -0.2) is 0 Å². The molecule has 13 heteroatoms. The van der Waals surface area contributed by atoms with Crippen LogP contribution in [0.3, 0.4) is 0 Å². The molecule has 3 aromatic carbocycles. The van der Waals surface area contributed by atoms with Crippen molar-refractivity contribution in [3.8, 4) is 11.8 Å². The molecule has 6 rings (SSSR count). The third-order valence-corrected chi connectivity index (χ3v) is 10.5. The highest BCUT2D eigenvalue weighted by molar-refractivity contribution is 6.31. The summed E-state index contributed by atoms with van der Waals surface area (Å²) < 4.78 is 6.06. The standard InChI is InChI=1S/C41H45ClN6O6/c42-35-24-32(15-9-27(35)25-43)54-31-16-12-29(13-17-31)46-38(50)26-7-10-28(11-8-26)44-21-5-3-1-2-4-6-22-45-30-14-18-33-34(23-30)41(53)48(40(33)52)36-19-20-37(49)47-39(36)51/h7-11,14-15,18,23-24,29,31,36,44-45H,1-6,12-13,16-17,19-22H2,(H,46,50)(H,47,49,51). The molecule has 5 amide bonds. The third-order valence-electron chi connectivity index (χ3n) is 10.2. The first kappa shape index (κ1) is 38.3. The van der Waals surface area contributed by atoms with Crippen LogP contribution in [0.2, 0.25) is 5.02 Å². The summed E-state index contributed by atoms with van der Waals surface area (Å²) in [6, 6.07) is 18.9. The molecule has 3 aromatic rings. The Morgan fingerprint density at radius 2 is 1.44 bits per heavy atom. The number of nitrogens with one attached hydrogen (secondary N) is 4. The van der Waals surface area contributed by atoms with Crippen LogP contribution in [0.4, 0.5) is 11.4 Å². The van der Waals surface area contributed by atoms with Crippen molar-refractivity contribution >= 4 is 52.5 Å². The number of halogens is 1. The van der Waals surface area contributed by atoms with Gasteiger partial charge >= 0.3 is 0 Å². The van der Waals surface area contributed by atoms with Crippen molar-refractivity contribution in [3.63, 3.8) is 0 Å². The zero-order valence-electron chi connectivity index (χ0n) is 30.1. The molecule has 1 saturated carbocycles. The first-order valence-corrected chi connectivity index (χ1v) is 19.2. The van der Waals surface area contributed by atoms with Gasteiger partial charge in [-0.15, -0.1) is 0 Å². The van der Waals surface area contributed by atoms with E-state index in [1.54, 1.807) is 36.4 Å². The Morgan fingerprint density at radius 1 is 0.796 bits per heavy atom. The molecule has 0 radical (unpaired) electrons. The molecule has 282 valence electrons. The number of nitrogens with zero attached hydrogens (tertiary/aromatic N) is 2. The van der Waals surface area contributed by atoms with E-state index in [1.165, 1.54) is 0 Å². The van der Waals surface area contributed by atoms with Crippen molar-refractivity contribution in [2.45, 2.75) is 95.2 Å². The highest BCUT2D eigenvalue weighted by Gasteiger charge is 2.44. The largest absolute Gasteiger partial charge is 0.490 e. The summed E-state index contributed by atoms with van der Waals surface area (Å²) >= 11 is 6.13. The molecule has 0 bridgehead atoms. The zero-order chi connectivity index (χ0) is 38.0. The number of amides is 5. The molecular formula is C41H45ClN6O6. The number of anilines is 2. The second kappa shape index (κ2) is 18.1. The first-order valence-electron chi connectivity index (χ1n) is 18.8. The smallest absolute Gasteiger partial charge is 0.262 e. The molecule has 1 saturated heterocycles. The minimum absolute atomic E-state index is 0.0484. The van der Waals surface area contributed by atoms with Gasteiger partial charge in [-0.05, 0) is 99.5 Å². The van der Waals surface area contributed by atoms with E-state index in [-0.39, 0.29) is 42.0 Å². The van der Waals surface area contributed by atoms with Crippen LogP contribution in [-0.2, 0) is 9.59 Å². The van der Waals surface area contributed by atoms with Gasteiger partial charge in [0.25, 0.3) is 17.7 Å². The van der Waals surface area contributed by atoms with Crippen LogP contribution in [0.15, 0.2) is 60.7 Å². The van der Waals surface area contributed by atoms with Crippen molar-refractivity contribution in [1.82, 2.24) is 15.5 Å². The molecule has 2 aliphatic heterocycles. The molecule has 0 aromatic heterocycles. The molecular weight excluding hydrogens is 708 g/mol. The van der Waals surface area contributed by atoms with E-state index in [4.69, 9.17) is 21.6 Å². The van der Waals surface area contributed by atoms with E-state index in [0.717, 1.165) is 93.6 Å². The lowest BCUT2D eigenvalue weighted by molar-refractivity contribution is -0.136. The van der Waals surface area contributed by atoms with E-state index in [0.29, 0.717) is 21.9 Å². The van der Waals surface area contributed by atoms with Crippen LogP contribution < -0.4 is 26.0 Å². The molecule has 0 spiro atoms. The van der Waals surface area contributed by atoms with E-state index in [1.807, 2.05) is 24.3 Å². The van der Waals surface area contributed by atoms with Gasteiger partial charge in [-0.2, -0.15) is 5.26 Å². The van der Waals surface area contributed by atoms with E-state index < -0.39 is 29.7 Å². The maximum Gasteiger partial charge on any atom is 0.262 e. The van der Waals surface area contributed by atoms with Crippen LogP contribution >= 0.6 is 11.6 Å². The van der Waals surface area contributed by atoms with Crippen molar-refractivity contribution in [3.05, 3.63) is 87.9 Å². The monoisotopic (exact) mass is 752 g/mol. The normalized spacial score (nSPS) is 19.5. The molecule has 4 N–H and O–H groups in total. The third kappa shape index (κ3) is 9.57. The fourth-order valence-corrected chi connectivity index (χ4v) is 7.40. The van der Waals surface area contributed by atoms with Crippen molar-refractivity contribution in [2.24, 2.45) is 0 Å². The number of ether oxygens (including phenoxy) is 1. The lowest BCUT2D eigenvalue weighted by atomic mass is 9.92. The van der Waals surface area contributed by atoms with Gasteiger partial charge in [-0.3, -0.25) is 34.2 Å². The number of benzene rings is 3. The van der Waals surface area contributed by atoms with Crippen molar-refractivity contribution in [1.29, 1.82) is 5.26 Å². The Bertz CT molecular complexity index is 1920. The molecule has 1 unspecified atom stereocenters. The Hall–Kier alpha value is -5.41. The first-order chi connectivity index (χ1) is 26.2. The Labute approximate surface area is 319 Å². The minimum Gasteiger partial charge on any atom is -0.490 e. The fraction of sp³-hybridized carbons (Fsp3) is 0.415. The number of fused-ring (bicyclic) bond motifs is 1. The van der Waals surface area contributed by atoms with Gasteiger partial charge < -0.3 is 20.7 Å². The van der Waals surface area contributed by atoms with E-state index in [9.17, 15) is 24.0 Å². The average Bonchev–Trinajstić information content (AvgIpc) is 3.41. The summed E-state index contributed by atoms with van der Waals surface area (Å²) in [5.41, 5.74) is 3.34. The molecule has 12 nitrogen and oxygen atoms in total. The summed E-state index contributed by atoms with van der Waals surface area (Å²) in [6.45, 7) is 1.59. The lowest BCUT2D eigenvalue weighted by Gasteiger charge is -2.29. The van der Waals surface area contributed by atoms with Gasteiger partial charge in [0.1, 0.15) is 17.9 Å².